The Bertz CT molecular complexity index is 725. The van der Waals surface area contributed by atoms with Gasteiger partial charge in [-0.3, -0.25) is 9.59 Å². The van der Waals surface area contributed by atoms with Crippen molar-refractivity contribution in [1.82, 2.24) is 5.43 Å². The number of hydrazone groups is 1. The molecule has 2 aromatic rings. The molecule has 0 unspecified atom stereocenters. The van der Waals surface area contributed by atoms with Crippen molar-refractivity contribution in [2.24, 2.45) is 5.10 Å². The lowest BCUT2D eigenvalue weighted by Gasteiger charge is -2.04. The summed E-state index contributed by atoms with van der Waals surface area (Å²) in [6.07, 6.45) is 4.02. The van der Waals surface area contributed by atoms with Gasteiger partial charge in [0.25, 0.3) is 5.91 Å². The van der Waals surface area contributed by atoms with Crippen molar-refractivity contribution in [2.75, 3.05) is 11.6 Å². The van der Waals surface area contributed by atoms with E-state index in [0.29, 0.717) is 17.7 Å². The molecule has 2 N–H and O–H groups in total. The number of carbonyl (C=O) groups is 2. The van der Waals surface area contributed by atoms with Gasteiger partial charge in [-0.25, -0.2) is 5.43 Å². The third-order valence-corrected chi connectivity index (χ3v) is 3.99. The van der Waals surface area contributed by atoms with Gasteiger partial charge in [-0.2, -0.15) is 5.10 Å². The zero-order valence-electron chi connectivity index (χ0n) is 13.6. The number of rotatable bonds is 6. The highest BCUT2D eigenvalue weighted by Crippen LogP contribution is 2.14. The maximum Gasteiger partial charge on any atom is 0.271 e. The molecule has 0 aliphatic carbocycles. The molecule has 6 heteroatoms. The molecule has 0 aliphatic rings. The number of thioether (sulfide) groups is 1. The highest BCUT2D eigenvalue weighted by molar-refractivity contribution is 7.98. The van der Waals surface area contributed by atoms with Gasteiger partial charge in [-0.05, 0) is 48.2 Å². The third-order valence-electron chi connectivity index (χ3n) is 3.25. The first-order chi connectivity index (χ1) is 11.6. The maximum atomic E-state index is 12.0. The Hall–Kier alpha value is -2.60. The lowest BCUT2D eigenvalue weighted by Crippen LogP contribution is -2.17. The average Bonchev–Trinajstić information content (AvgIpc) is 2.62. The first kappa shape index (κ1) is 17.7. The van der Waals surface area contributed by atoms with Crippen LogP contribution in [0.4, 0.5) is 5.69 Å². The van der Waals surface area contributed by atoms with Crippen molar-refractivity contribution in [3.8, 4) is 0 Å². The number of nitrogens with zero attached hydrogens (tertiary/aromatic N) is 1. The van der Waals surface area contributed by atoms with E-state index in [4.69, 9.17) is 0 Å². The van der Waals surface area contributed by atoms with Gasteiger partial charge >= 0.3 is 0 Å². The van der Waals surface area contributed by atoms with Gasteiger partial charge in [0.05, 0.1) is 6.21 Å². The number of hydrogen-bond acceptors (Lipinski definition) is 4. The van der Waals surface area contributed by atoms with Crippen LogP contribution in [0.25, 0.3) is 0 Å². The Labute approximate surface area is 145 Å². The lowest BCUT2D eigenvalue weighted by molar-refractivity contribution is -0.115. The van der Waals surface area contributed by atoms with Gasteiger partial charge in [0.15, 0.2) is 0 Å². The van der Waals surface area contributed by atoms with E-state index in [-0.39, 0.29) is 11.8 Å². The number of amides is 2. The molecule has 5 nitrogen and oxygen atoms in total. The molecule has 0 bridgehead atoms. The summed E-state index contributed by atoms with van der Waals surface area (Å²) in [5, 5.41) is 6.69. The molecule has 0 atom stereocenters. The number of carbonyl (C=O) groups excluding carboxylic acids is 2. The number of benzene rings is 2. The molecule has 0 fully saturated rings. The van der Waals surface area contributed by atoms with Crippen LogP contribution in [0, 0.1) is 0 Å². The van der Waals surface area contributed by atoms with E-state index in [1.54, 1.807) is 49.2 Å². The summed E-state index contributed by atoms with van der Waals surface area (Å²) in [7, 11) is 0. The molecule has 0 aliphatic heterocycles. The summed E-state index contributed by atoms with van der Waals surface area (Å²) in [5.41, 5.74) is 4.53. The maximum absolute atomic E-state index is 12.0. The van der Waals surface area contributed by atoms with E-state index < -0.39 is 0 Å². The number of nitrogens with one attached hydrogen (secondary N) is 2. The molecule has 0 spiro atoms. The molecule has 2 aromatic carbocycles. The Morgan fingerprint density at radius 3 is 2.33 bits per heavy atom. The topological polar surface area (TPSA) is 70.6 Å². The Morgan fingerprint density at radius 1 is 1.08 bits per heavy atom. The van der Waals surface area contributed by atoms with Gasteiger partial charge in [-0.15, -0.1) is 11.8 Å². The summed E-state index contributed by atoms with van der Waals surface area (Å²) in [4.78, 5) is 24.5. The van der Waals surface area contributed by atoms with Gasteiger partial charge < -0.3 is 5.32 Å². The predicted octanol–water partition coefficient (Wildman–Crippen LogP) is 3.52. The molecule has 0 saturated carbocycles. The Balaban J connectivity index is 1.91. The van der Waals surface area contributed by atoms with Gasteiger partial charge in [0, 0.05) is 22.6 Å². The van der Waals surface area contributed by atoms with E-state index in [9.17, 15) is 9.59 Å². The van der Waals surface area contributed by atoms with Crippen molar-refractivity contribution >= 4 is 35.5 Å². The van der Waals surface area contributed by atoms with Gasteiger partial charge in [0.1, 0.15) is 0 Å². The van der Waals surface area contributed by atoms with E-state index in [0.717, 1.165) is 5.56 Å². The van der Waals surface area contributed by atoms with Gasteiger partial charge in [-0.1, -0.05) is 19.1 Å². The fourth-order valence-electron chi connectivity index (χ4n) is 1.87. The highest BCUT2D eigenvalue weighted by atomic mass is 32.2. The fourth-order valence-corrected chi connectivity index (χ4v) is 2.28. The molecule has 124 valence electrons. The molecule has 2 amide bonds. The molecule has 2 rings (SSSR count). The SMILES string of the molecule is CCC(=O)Nc1ccc(C(=O)N/N=C/c2ccc(SC)cc2)cc1. The second kappa shape index (κ2) is 8.88. The van der Waals surface area contributed by atoms with Crippen molar-refractivity contribution in [3.05, 3.63) is 59.7 Å². The van der Waals surface area contributed by atoms with Crippen molar-refractivity contribution in [3.63, 3.8) is 0 Å². The van der Waals surface area contributed by atoms with E-state index in [1.165, 1.54) is 4.90 Å². The van der Waals surface area contributed by atoms with Crippen LogP contribution in [0.5, 0.6) is 0 Å². The second-order valence-corrected chi connectivity index (χ2v) is 5.83. The zero-order valence-corrected chi connectivity index (χ0v) is 14.4. The average molecular weight is 341 g/mol. The van der Waals surface area contributed by atoms with Crippen molar-refractivity contribution < 1.29 is 9.59 Å². The minimum atomic E-state index is -0.305. The minimum Gasteiger partial charge on any atom is -0.326 e. The molecular formula is C18H19N3O2S. The summed E-state index contributed by atoms with van der Waals surface area (Å²) in [6.45, 7) is 1.78. The van der Waals surface area contributed by atoms with Crippen LogP contribution in [0.15, 0.2) is 58.5 Å². The fraction of sp³-hybridized carbons (Fsp3) is 0.167. The zero-order chi connectivity index (χ0) is 17.4. The van der Waals surface area contributed by atoms with Crippen LogP contribution in [0.3, 0.4) is 0 Å². The highest BCUT2D eigenvalue weighted by Gasteiger charge is 2.05. The van der Waals surface area contributed by atoms with E-state index in [2.05, 4.69) is 15.8 Å². The smallest absolute Gasteiger partial charge is 0.271 e. The lowest BCUT2D eigenvalue weighted by atomic mass is 10.2. The van der Waals surface area contributed by atoms with Crippen LogP contribution in [-0.4, -0.2) is 24.3 Å². The van der Waals surface area contributed by atoms with Crippen LogP contribution in [0.1, 0.15) is 29.3 Å². The Morgan fingerprint density at radius 2 is 1.75 bits per heavy atom. The monoisotopic (exact) mass is 341 g/mol. The van der Waals surface area contributed by atoms with Gasteiger partial charge in [0.2, 0.25) is 5.91 Å². The van der Waals surface area contributed by atoms with Crippen LogP contribution >= 0.6 is 11.8 Å². The minimum absolute atomic E-state index is 0.0655. The van der Waals surface area contributed by atoms with E-state index in [1.807, 2.05) is 30.5 Å². The normalized spacial score (nSPS) is 10.6. The molecule has 0 aromatic heterocycles. The first-order valence-electron chi connectivity index (χ1n) is 7.49. The Kier molecular flexibility index (Phi) is 6.57. The summed E-state index contributed by atoms with van der Waals surface area (Å²) < 4.78 is 0. The molecule has 24 heavy (non-hydrogen) atoms. The van der Waals surface area contributed by atoms with Crippen LogP contribution < -0.4 is 10.7 Å². The standard InChI is InChI=1S/C18H19N3O2S/c1-3-17(22)20-15-8-6-14(7-9-15)18(23)21-19-12-13-4-10-16(24-2)11-5-13/h4-12H,3H2,1-2H3,(H,20,22)(H,21,23)/b19-12+. The second-order valence-electron chi connectivity index (χ2n) is 4.95. The molecule has 0 saturated heterocycles. The largest absolute Gasteiger partial charge is 0.326 e. The van der Waals surface area contributed by atoms with Crippen molar-refractivity contribution in [1.29, 1.82) is 0 Å². The molecule has 0 heterocycles. The summed E-state index contributed by atoms with van der Waals surface area (Å²) in [5.74, 6) is -0.371. The quantitative estimate of drug-likeness (QED) is 0.480. The van der Waals surface area contributed by atoms with Crippen LogP contribution in [0.2, 0.25) is 0 Å². The van der Waals surface area contributed by atoms with E-state index >= 15 is 0 Å². The number of anilines is 1. The summed E-state index contributed by atoms with van der Waals surface area (Å²) >= 11 is 1.67. The summed E-state index contributed by atoms with van der Waals surface area (Å²) in [6, 6.07) is 14.5. The van der Waals surface area contributed by atoms with Crippen molar-refractivity contribution in [2.45, 2.75) is 18.2 Å². The number of hydrogen-bond donors (Lipinski definition) is 2. The first-order valence-corrected chi connectivity index (χ1v) is 8.72. The molecule has 0 radical (unpaired) electrons. The third kappa shape index (κ3) is 5.24. The predicted molar refractivity (Wildman–Crippen MR) is 98.6 cm³/mol. The van der Waals surface area contributed by atoms with Crippen LogP contribution in [-0.2, 0) is 4.79 Å². The molecular weight excluding hydrogens is 322 g/mol.